The Bertz CT molecular complexity index is 1120. The number of aromatic nitrogens is 4. The Morgan fingerprint density at radius 2 is 2.04 bits per heavy atom. The van der Waals surface area contributed by atoms with Crippen molar-refractivity contribution in [2.24, 2.45) is 7.05 Å². The monoisotopic (exact) mass is 347 g/mol. The topological polar surface area (TPSA) is 64.2 Å². The number of benzene rings is 1. The molecule has 1 N–H and O–H groups in total. The molecule has 0 aliphatic heterocycles. The van der Waals surface area contributed by atoms with Crippen LogP contribution in [0.2, 0.25) is 0 Å². The van der Waals surface area contributed by atoms with Crippen LogP contribution in [-0.2, 0) is 24.8 Å². The third-order valence-corrected chi connectivity index (χ3v) is 4.69. The lowest BCUT2D eigenvalue weighted by atomic mass is 10.1. The number of rotatable bonds is 4. The van der Waals surface area contributed by atoms with Crippen LogP contribution in [0.1, 0.15) is 22.6 Å². The maximum atomic E-state index is 12.5. The molecule has 3 aromatic heterocycles. The van der Waals surface area contributed by atoms with Crippen LogP contribution in [0.4, 0.5) is 0 Å². The van der Waals surface area contributed by atoms with Crippen LogP contribution in [0.25, 0.3) is 16.6 Å². The maximum absolute atomic E-state index is 12.5. The van der Waals surface area contributed by atoms with Crippen molar-refractivity contribution >= 4 is 22.5 Å². The first kappa shape index (κ1) is 16.3. The molecule has 0 saturated heterocycles. The van der Waals surface area contributed by atoms with Crippen LogP contribution in [0.3, 0.4) is 0 Å². The zero-order valence-corrected chi connectivity index (χ0v) is 15.2. The van der Waals surface area contributed by atoms with E-state index in [1.807, 2.05) is 47.4 Å². The van der Waals surface area contributed by atoms with Gasteiger partial charge >= 0.3 is 0 Å². The van der Waals surface area contributed by atoms with Crippen LogP contribution in [-0.4, -0.2) is 25.1 Å². The van der Waals surface area contributed by atoms with Gasteiger partial charge in [0, 0.05) is 18.6 Å². The SMILES string of the molecule is Cc1ccc2c(c1)c(CNC(=O)Cc1c(C)nc3ccccn13)nn2C. The molecule has 0 saturated carbocycles. The van der Waals surface area contributed by atoms with E-state index in [2.05, 4.69) is 40.5 Å². The molecule has 132 valence electrons. The minimum Gasteiger partial charge on any atom is -0.350 e. The molecule has 4 aromatic rings. The molecule has 0 aliphatic rings. The molecule has 0 spiro atoms. The normalized spacial score (nSPS) is 11.3. The third kappa shape index (κ3) is 2.83. The second kappa shape index (κ2) is 6.29. The number of pyridine rings is 1. The fourth-order valence-corrected chi connectivity index (χ4v) is 3.36. The van der Waals surface area contributed by atoms with Crippen molar-refractivity contribution in [2.45, 2.75) is 26.8 Å². The second-order valence-corrected chi connectivity index (χ2v) is 6.62. The Hall–Kier alpha value is -3.15. The van der Waals surface area contributed by atoms with E-state index in [0.29, 0.717) is 13.0 Å². The average Bonchev–Trinajstić information content (AvgIpc) is 3.10. The van der Waals surface area contributed by atoms with Gasteiger partial charge in [-0.15, -0.1) is 0 Å². The second-order valence-electron chi connectivity index (χ2n) is 6.62. The van der Waals surface area contributed by atoms with Gasteiger partial charge in [-0.05, 0) is 38.1 Å². The predicted molar refractivity (Wildman–Crippen MR) is 101 cm³/mol. The van der Waals surface area contributed by atoms with E-state index in [0.717, 1.165) is 33.6 Å². The smallest absolute Gasteiger partial charge is 0.226 e. The van der Waals surface area contributed by atoms with E-state index in [1.54, 1.807) is 0 Å². The number of aryl methyl sites for hydroxylation is 3. The molecule has 0 aliphatic carbocycles. The van der Waals surface area contributed by atoms with E-state index in [1.165, 1.54) is 5.56 Å². The highest BCUT2D eigenvalue weighted by Crippen LogP contribution is 2.19. The molecule has 1 aromatic carbocycles. The van der Waals surface area contributed by atoms with Crippen molar-refractivity contribution in [1.29, 1.82) is 0 Å². The van der Waals surface area contributed by atoms with E-state index in [-0.39, 0.29) is 5.91 Å². The van der Waals surface area contributed by atoms with Crippen LogP contribution in [0.15, 0.2) is 42.6 Å². The molecular weight excluding hydrogens is 326 g/mol. The first-order valence-corrected chi connectivity index (χ1v) is 8.64. The summed E-state index contributed by atoms with van der Waals surface area (Å²) in [5, 5.41) is 8.63. The summed E-state index contributed by atoms with van der Waals surface area (Å²) < 4.78 is 3.82. The van der Waals surface area contributed by atoms with Gasteiger partial charge in [0.25, 0.3) is 0 Å². The first-order chi connectivity index (χ1) is 12.5. The van der Waals surface area contributed by atoms with E-state index in [9.17, 15) is 4.79 Å². The van der Waals surface area contributed by atoms with E-state index >= 15 is 0 Å². The lowest BCUT2D eigenvalue weighted by Gasteiger charge is -2.05. The Labute approximate surface area is 151 Å². The van der Waals surface area contributed by atoms with Crippen molar-refractivity contribution in [3.63, 3.8) is 0 Å². The Morgan fingerprint density at radius 3 is 2.88 bits per heavy atom. The Balaban J connectivity index is 1.52. The Morgan fingerprint density at radius 1 is 1.19 bits per heavy atom. The highest BCUT2D eigenvalue weighted by Gasteiger charge is 2.14. The number of imidazole rings is 1. The summed E-state index contributed by atoms with van der Waals surface area (Å²) >= 11 is 0. The zero-order chi connectivity index (χ0) is 18.3. The summed E-state index contributed by atoms with van der Waals surface area (Å²) in [5.41, 5.74) is 5.79. The van der Waals surface area contributed by atoms with E-state index in [4.69, 9.17) is 0 Å². The van der Waals surface area contributed by atoms with Crippen LogP contribution < -0.4 is 5.32 Å². The molecule has 3 heterocycles. The fourth-order valence-electron chi connectivity index (χ4n) is 3.36. The number of carbonyl (C=O) groups is 1. The summed E-state index contributed by atoms with van der Waals surface area (Å²) in [5.74, 6) is -0.0368. The molecule has 4 rings (SSSR count). The molecule has 6 nitrogen and oxygen atoms in total. The van der Waals surface area contributed by atoms with Gasteiger partial charge in [0.1, 0.15) is 5.65 Å². The number of hydrogen-bond donors (Lipinski definition) is 1. The molecule has 0 atom stereocenters. The summed E-state index contributed by atoms with van der Waals surface area (Å²) in [6.45, 7) is 4.41. The molecule has 0 unspecified atom stereocenters. The molecule has 1 amide bonds. The zero-order valence-electron chi connectivity index (χ0n) is 15.2. The van der Waals surface area contributed by atoms with Gasteiger partial charge in [-0.1, -0.05) is 17.7 Å². The molecule has 0 radical (unpaired) electrons. The van der Waals surface area contributed by atoms with Crippen molar-refractivity contribution in [1.82, 2.24) is 24.5 Å². The number of nitrogens with one attached hydrogen (secondary N) is 1. The molecule has 26 heavy (non-hydrogen) atoms. The highest BCUT2D eigenvalue weighted by atomic mass is 16.1. The molecule has 0 fully saturated rings. The van der Waals surface area contributed by atoms with Crippen molar-refractivity contribution in [3.05, 3.63) is 65.2 Å². The maximum Gasteiger partial charge on any atom is 0.226 e. The number of nitrogens with zero attached hydrogens (tertiary/aromatic N) is 4. The van der Waals surface area contributed by atoms with Gasteiger partial charge in [-0.3, -0.25) is 9.48 Å². The summed E-state index contributed by atoms with van der Waals surface area (Å²) in [6, 6.07) is 12.1. The highest BCUT2D eigenvalue weighted by molar-refractivity contribution is 5.84. The number of amides is 1. The van der Waals surface area contributed by atoms with Crippen molar-refractivity contribution in [2.75, 3.05) is 0 Å². The van der Waals surface area contributed by atoms with Gasteiger partial charge in [0.05, 0.1) is 35.6 Å². The van der Waals surface area contributed by atoms with Crippen molar-refractivity contribution in [3.8, 4) is 0 Å². The number of carbonyl (C=O) groups excluding carboxylic acids is 1. The van der Waals surface area contributed by atoms with Gasteiger partial charge < -0.3 is 9.72 Å². The fraction of sp³-hybridized carbons (Fsp3) is 0.250. The predicted octanol–water partition coefficient (Wildman–Crippen LogP) is 2.70. The van der Waals surface area contributed by atoms with Crippen LogP contribution >= 0.6 is 0 Å². The number of fused-ring (bicyclic) bond motifs is 2. The van der Waals surface area contributed by atoms with Gasteiger partial charge in [0.2, 0.25) is 5.91 Å². The molecule has 0 bridgehead atoms. The number of hydrogen-bond acceptors (Lipinski definition) is 3. The first-order valence-electron chi connectivity index (χ1n) is 8.64. The summed E-state index contributed by atoms with van der Waals surface area (Å²) in [6.07, 6.45) is 2.23. The lowest BCUT2D eigenvalue weighted by molar-refractivity contribution is -0.120. The minimum absolute atomic E-state index is 0.0368. The lowest BCUT2D eigenvalue weighted by Crippen LogP contribution is -2.25. The largest absolute Gasteiger partial charge is 0.350 e. The van der Waals surface area contributed by atoms with Crippen LogP contribution in [0.5, 0.6) is 0 Å². The molecule has 6 heteroatoms. The van der Waals surface area contributed by atoms with Gasteiger partial charge in [-0.25, -0.2) is 4.98 Å². The Kier molecular flexibility index (Phi) is 3.95. The minimum atomic E-state index is -0.0368. The van der Waals surface area contributed by atoms with E-state index < -0.39 is 0 Å². The average molecular weight is 347 g/mol. The van der Waals surface area contributed by atoms with Crippen LogP contribution in [0, 0.1) is 13.8 Å². The van der Waals surface area contributed by atoms with Crippen molar-refractivity contribution < 1.29 is 4.79 Å². The van der Waals surface area contributed by atoms with Gasteiger partial charge in [-0.2, -0.15) is 5.10 Å². The third-order valence-electron chi connectivity index (χ3n) is 4.69. The summed E-state index contributed by atoms with van der Waals surface area (Å²) in [7, 11) is 1.92. The standard InChI is InChI=1S/C20H21N5O/c1-13-7-8-17-15(10-13)16(23-24(17)3)12-21-20(26)11-18-14(2)22-19-6-4-5-9-25(18)19/h4-10H,11-12H2,1-3H3,(H,21,26). The van der Waals surface area contributed by atoms with Gasteiger partial charge in [0.15, 0.2) is 0 Å². The summed E-state index contributed by atoms with van der Waals surface area (Å²) in [4.78, 5) is 17.0. The molecular formula is C20H21N5O. The quantitative estimate of drug-likeness (QED) is 0.617.